The van der Waals surface area contributed by atoms with Crippen LogP contribution in [0.15, 0.2) is 63.9 Å². The van der Waals surface area contributed by atoms with Crippen LogP contribution >= 0.6 is 0 Å². The van der Waals surface area contributed by atoms with Crippen molar-refractivity contribution < 1.29 is 27.1 Å². The van der Waals surface area contributed by atoms with Gasteiger partial charge in [0.1, 0.15) is 0 Å². The third kappa shape index (κ3) is 4.87. The number of rotatable bonds is 6. The van der Waals surface area contributed by atoms with Gasteiger partial charge in [-0.25, -0.2) is 13.2 Å². The summed E-state index contributed by atoms with van der Waals surface area (Å²) in [6.45, 7) is 4.05. The number of morpholine rings is 1. The highest BCUT2D eigenvalue weighted by atomic mass is 32.2. The molecule has 4 rings (SSSR count). The molecule has 0 bridgehead atoms. The maximum absolute atomic E-state index is 12.9. The Morgan fingerprint density at radius 1 is 1.03 bits per heavy atom. The van der Waals surface area contributed by atoms with Gasteiger partial charge in [0.2, 0.25) is 15.9 Å². The molecular weight excluding hydrogens is 434 g/mol. The molecular formula is C22H23N3O6S. The van der Waals surface area contributed by atoms with E-state index >= 15 is 0 Å². The van der Waals surface area contributed by atoms with Gasteiger partial charge in [-0.05, 0) is 50.2 Å². The lowest BCUT2D eigenvalue weighted by Gasteiger charge is -2.34. The topological polar surface area (TPSA) is 112 Å². The fourth-order valence-corrected chi connectivity index (χ4v) is 5.05. The number of esters is 1. The fraction of sp³-hybridized carbons (Fsp3) is 0.318. The van der Waals surface area contributed by atoms with Crippen LogP contribution in [0.2, 0.25) is 0 Å². The first-order valence-corrected chi connectivity index (χ1v) is 11.6. The highest BCUT2D eigenvalue weighted by Crippen LogP contribution is 2.22. The normalized spacial score (nSPS) is 19.6. The van der Waals surface area contributed by atoms with Crippen molar-refractivity contribution in [3.8, 4) is 11.5 Å². The Kier molecular flexibility index (Phi) is 6.35. The van der Waals surface area contributed by atoms with E-state index in [0.717, 1.165) is 5.56 Å². The number of carbonyl (C=O) groups is 1. The molecule has 10 heteroatoms. The number of aromatic nitrogens is 2. The molecule has 2 aromatic carbocycles. The molecule has 2 unspecified atom stereocenters. The van der Waals surface area contributed by atoms with Gasteiger partial charge in [-0.15, -0.1) is 10.2 Å². The van der Waals surface area contributed by atoms with Crippen molar-refractivity contribution in [3.63, 3.8) is 0 Å². The van der Waals surface area contributed by atoms with E-state index in [2.05, 4.69) is 10.2 Å². The van der Waals surface area contributed by atoms with E-state index in [4.69, 9.17) is 13.9 Å². The van der Waals surface area contributed by atoms with E-state index in [9.17, 15) is 13.2 Å². The molecule has 1 saturated heterocycles. The van der Waals surface area contributed by atoms with Gasteiger partial charge in [-0.2, -0.15) is 4.31 Å². The lowest BCUT2D eigenvalue weighted by molar-refractivity contribution is -0.0440. The molecule has 0 saturated carbocycles. The van der Waals surface area contributed by atoms with Crippen molar-refractivity contribution in [2.75, 3.05) is 13.1 Å². The fourth-order valence-electron chi connectivity index (χ4n) is 3.46. The van der Waals surface area contributed by atoms with Gasteiger partial charge < -0.3 is 13.9 Å². The number of ether oxygens (including phenoxy) is 2. The third-order valence-corrected chi connectivity index (χ3v) is 6.77. The van der Waals surface area contributed by atoms with Crippen molar-refractivity contribution in [2.24, 2.45) is 0 Å². The molecule has 3 aromatic rings. The minimum atomic E-state index is -3.68. The molecule has 9 nitrogen and oxygen atoms in total. The number of hydrogen-bond donors (Lipinski definition) is 0. The first kappa shape index (κ1) is 22.1. The van der Waals surface area contributed by atoms with Crippen LogP contribution in [0.3, 0.4) is 0 Å². The number of carbonyl (C=O) groups excluding carboxylic acids is 1. The minimum absolute atomic E-state index is 0.111. The van der Waals surface area contributed by atoms with Gasteiger partial charge in [0, 0.05) is 18.7 Å². The Bertz CT molecular complexity index is 1170. The predicted octanol–water partition coefficient (Wildman–Crippen LogP) is 2.89. The molecule has 0 aliphatic carbocycles. The van der Waals surface area contributed by atoms with E-state index in [1.54, 1.807) is 0 Å². The highest BCUT2D eigenvalue weighted by Gasteiger charge is 2.32. The van der Waals surface area contributed by atoms with Gasteiger partial charge in [0.25, 0.3) is 5.89 Å². The molecule has 168 valence electrons. The molecule has 2 atom stereocenters. The molecule has 0 radical (unpaired) electrons. The zero-order valence-electron chi connectivity index (χ0n) is 17.7. The van der Waals surface area contributed by atoms with Gasteiger partial charge in [0.15, 0.2) is 6.61 Å². The van der Waals surface area contributed by atoms with E-state index in [1.165, 1.54) is 28.6 Å². The maximum atomic E-state index is 12.9. The molecule has 0 spiro atoms. The van der Waals surface area contributed by atoms with Crippen LogP contribution in [-0.4, -0.2) is 54.2 Å². The summed E-state index contributed by atoms with van der Waals surface area (Å²) in [5.74, 6) is -0.132. The molecule has 1 aliphatic heterocycles. The molecule has 32 heavy (non-hydrogen) atoms. The zero-order valence-corrected chi connectivity index (χ0v) is 18.5. The van der Waals surface area contributed by atoms with Crippen molar-refractivity contribution in [2.45, 2.75) is 37.6 Å². The van der Waals surface area contributed by atoms with Crippen LogP contribution in [0.4, 0.5) is 0 Å². The average Bonchev–Trinajstić information content (AvgIpc) is 3.27. The smallest absolute Gasteiger partial charge is 0.338 e. The Morgan fingerprint density at radius 3 is 2.34 bits per heavy atom. The Morgan fingerprint density at radius 2 is 1.69 bits per heavy atom. The van der Waals surface area contributed by atoms with Gasteiger partial charge in [0.05, 0.1) is 22.7 Å². The number of nitrogens with zero attached hydrogens (tertiary/aromatic N) is 3. The quantitative estimate of drug-likeness (QED) is 0.520. The summed E-state index contributed by atoms with van der Waals surface area (Å²) in [4.78, 5) is 12.5. The summed E-state index contributed by atoms with van der Waals surface area (Å²) in [7, 11) is -3.68. The van der Waals surface area contributed by atoms with Gasteiger partial charge in [-0.3, -0.25) is 0 Å². The SMILES string of the molecule is CC1CN(S(=O)(=O)c2ccc(C(=O)OCc3nnc(-c4ccccc4)o3)cc2)CC(C)O1. The molecule has 2 heterocycles. The lowest BCUT2D eigenvalue weighted by Crippen LogP contribution is -2.48. The van der Waals surface area contributed by atoms with E-state index in [-0.39, 0.29) is 48.3 Å². The minimum Gasteiger partial charge on any atom is -0.452 e. The zero-order chi connectivity index (χ0) is 22.7. The summed E-state index contributed by atoms with van der Waals surface area (Å²) >= 11 is 0. The van der Waals surface area contributed by atoms with Crippen LogP contribution in [0.1, 0.15) is 30.1 Å². The third-order valence-electron chi connectivity index (χ3n) is 4.93. The Hall–Kier alpha value is -3.08. The first-order chi connectivity index (χ1) is 15.3. The standard InChI is InChI=1S/C22H23N3O6S/c1-15-12-25(13-16(2)30-15)32(27,28)19-10-8-18(9-11-19)22(26)29-14-20-23-24-21(31-20)17-6-4-3-5-7-17/h3-11,15-16H,12-14H2,1-2H3. The molecule has 1 fully saturated rings. The number of benzene rings is 2. The van der Waals surface area contributed by atoms with E-state index in [1.807, 2.05) is 44.2 Å². The second-order valence-electron chi connectivity index (χ2n) is 7.55. The Balaban J connectivity index is 1.39. The summed E-state index contributed by atoms with van der Waals surface area (Å²) in [5, 5.41) is 7.82. The van der Waals surface area contributed by atoms with E-state index in [0.29, 0.717) is 5.89 Å². The van der Waals surface area contributed by atoms with Crippen LogP contribution in [-0.2, 0) is 26.1 Å². The van der Waals surface area contributed by atoms with Crippen LogP contribution < -0.4 is 0 Å². The summed E-state index contributed by atoms with van der Waals surface area (Å²) < 4.78 is 43.6. The van der Waals surface area contributed by atoms with Crippen molar-refractivity contribution in [3.05, 3.63) is 66.1 Å². The number of sulfonamides is 1. The Labute approximate surface area is 186 Å². The van der Waals surface area contributed by atoms with Crippen molar-refractivity contribution >= 4 is 16.0 Å². The van der Waals surface area contributed by atoms with Gasteiger partial charge >= 0.3 is 5.97 Å². The van der Waals surface area contributed by atoms with Crippen LogP contribution in [0.5, 0.6) is 0 Å². The van der Waals surface area contributed by atoms with Crippen LogP contribution in [0, 0.1) is 0 Å². The predicted molar refractivity (Wildman–Crippen MR) is 114 cm³/mol. The second kappa shape index (κ2) is 9.19. The maximum Gasteiger partial charge on any atom is 0.338 e. The highest BCUT2D eigenvalue weighted by molar-refractivity contribution is 7.89. The second-order valence-corrected chi connectivity index (χ2v) is 9.48. The largest absolute Gasteiger partial charge is 0.452 e. The van der Waals surface area contributed by atoms with Crippen LogP contribution in [0.25, 0.3) is 11.5 Å². The molecule has 0 amide bonds. The van der Waals surface area contributed by atoms with Gasteiger partial charge in [-0.1, -0.05) is 18.2 Å². The summed E-state index contributed by atoms with van der Waals surface area (Å²) in [6, 6.07) is 14.9. The molecule has 1 aliphatic rings. The monoisotopic (exact) mass is 457 g/mol. The van der Waals surface area contributed by atoms with E-state index < -0.39 is 16.0 Å². The number of hydrogen-bond acceptors (Lipinski definition) is 8. The van der Waals surface area contributed by atoms with Crippen molar-refractivity contribution in [1.29, 1.82) is 0 Å². The molecule has 1 aromatic heterocycles. The lowest BCUT2D eigenvalue weighted by atomic mass is 10.2. The summed E-state index contributed by atoms with van der Waals surface area (Å²) in [6.07, 6.45) is -0.371. The van der Waals surface area contributed by atoms with Crippen molar-refractivity contribution in [1.82, 2.24) is 14.5 Å². The first-order valence-electron chi connectivity index (χ1n) is 10.1. The summed E-state index contributed by atoms with van der Waals surface area (Å²) in [5.41, 5.74) is 0.980. The molecule has 0 N–H and O–H groups in total. The average molecular weight is 458 g/mol.